The number of hydrogen-bond acceptors (Lipinski definition) is 5. The molecule has 25 heavy (non-hydrogen) atoms. The fraction of sp³-hybridized carbons (Fsp3) is 0.250. The SMILES string of the molecule is NC1CCN(c2cc(-c3ccccc3)nc(-c3cccnc3)n2)CC1. The Balaban J connectivity index is 1.78. The van der Waals surface area contributed by atoms with Crippen LogP contribution in [0.25, 0.3) is 22.6 Å². The van der Waals surface area contributed by atoms with Crippen molar-refractivity contribution in [2.45, 2.75) is 18.9 Å². The fourth-order valence-electron chi connectivity index (χ4n) is 3.11. The van der Waals surface area contributed by atoms with Crippen molar-refractivity contribution >= 4 is 5.82 Å². The first-order valence-corrected chi connectivity index (χ1v) is 8.65. The van der Waals surface area contributed by atoms with E-state index in [0.29, 0.717) is 11.9 Å². The number of pyridine rings is 1. The predicted molar refractivity (Wildman–Crippen MR) is 100 cm³/mol. The fourth-order valence-corrected chi connectivity index (χ4v) is 3.11. The molecule has 0 saturated carbocycles. The topological polar surface area (TPSA) is 67.9 Å². The number of nitrogens with zero attached hydrogens (tertiary/aromatic N) is 4. The van der Waals surface area contributed by atoms with Gasteiger partial charge < -0.3 is 10.6 Å². The summed E-state index contributed by atoms with van der Waals surface area (Å²) in [5.41, 5.74) is 8.99. The van der Waals surface area contributed by atoms with E-state index in [1.54, 1.807) is 12.4 Å². The number of anilines is 1. The Bertz CT molecular complexity index is 769. The van der Waals surface area contributed by atoms with Crippen LogP contribution in [0.4, 0.5) is 5.82 Å². The first-order chi connectivity index (χ1) is 12.3. The minimum atomic E-state index is 0.296. The molecular formula is C20H21N5. The van der Waals surface area contributed by atoms with E-state index < -0.39 is 0 Å². The van der Waals surface area contributed by atoms with Crippen LogP contribution in [-0.4, -0.2) is 34.1 Å². The van der Waals surface area contributed by atoms with Gasteiger partial charge in [0.1, 0.15) is 5.82 Å². The number of benzene rings is 1. The summed E-state index contributed by atoms with van der Waals surface area (Å²) in [6, 6.07) is 16.5. The molecule has 1 saturated heterocycles. The molecule has 1 aliphatic rings. The van der Waals surface area contributed by atoms with Crippen LogP contribution in [0.15, 0.2) is 60.9 Å². The molecule has 1 aromatic carbocycles. The highest BCUT2D eigenvalue weighted by molar-refractivity contribution is 5.67. The van der Waals surface area contributed by atoms with E-state index in [0.717, 1.165) is 48.6 Å². The highest BCUT2D eigenvalue weighted by Gasteiger charge is 2.19. The summed E-state index contributed by atoms with van der Waals surface area (Å²) < 4.78 is 0. The number of piperidine rings is 1. The maximum atomic E-state index is 6.05. The van der Waals surface area contributed by atoms with Gasteiger partial charge in [0.15, 0.2) is 5.82 Å². The van der Waals surface area contributed by atoms with Gasteiger partial charge in [0.05, 0.1) is 5.69 Å². The van der Waals surface area contributed by atoms with Crippen molar-refractivity contribution in [2.24, 2.45) is 5.73 Å². The second-order valence-corrected chi connectivity index (χ2v) is 6.37. The van der Waals surface area contributed by atoms with Crippen LogP contribution < -0.4 is 10.6 Å². The third-order valence-corrected chi connectivity index (χ3v) is 4.57. The third kappa shape index (κ3) is 3.51. The number of nitrogens with two attached hydrogens (primary N) is 1. The zero-order valence-corrected chi connectivity index (χ0v) is 14.0. The molecule has 0 spiro atoms. The standard InChI is InChI=1S/C20H21N5/c21-17-8-11-25(12-9-17)19-13-18(15-5-2-1-3-6-15)23-20(24-19)16-7-4-10-22-14-16/h1-7,10,13-14,17H,8-9,11-12,21H2. The second-order valence-electron chi connectivity index (χ2n) is 6.37. The van der Waals surface area contributed by atoms with E-state index in [9.17, 15) is 0 Å². The molecule has 0 radical (unpaired) electrons. The van der Waals surface area contributed by atoms with Crippen LogP contribution in [0.5, 0.6) is 0 Å². The van der Waals surface area contributed by atoms with E-state index >= 15 is 0 Å². The van der Waals surface area contributed by atoms with Gasteiger partial charge in [-0.25, -0.2) is 9.97 Å². The largest absolute Gasteiger partial charge is 0.356 e. The summed E-state index contributed by atoms with van der Waals surface area (Å²) in [6.07, 6.45) is 5.55. The average Bonchev–Trinajstić information content (AvgIpc) is 2.69. The molecule has 126 valence electrons. The Hall–Kier alpha value is -2.79. The lowest BCUT2D eigenvalue weighted by Gasteiger charge is -2.31. The van der Waals surface area contributed by atoms with Gasteiger partial charge in [-0.05, 0) is 25.0 Å². The highest BCUT2D eigenvalue weighted by atomic mass is 15.2. The molecule has 1 aliphatic heterocycles. The molecule has 4 rings (SSSR count). The van der Waals surface area contributed by atoms with Crippen molar-refractivity contribution < 1.29 is 0 Å². The molecule has 2 aromatic heterocycles. The molecule has 3 heterocycles. The quantitative estimate of drug-likeness (QED) is 0.798. The molecular weight excluding hydrogens is 310 g/mol. The van der Waals surface area contributed by atoms with Gasteiger partial charge in [0.25, 0.3) is 0 Å². The summed E-state index contributed by atoms with van der Waals surface area (Å²) in [6.45, 7) is 1.86. The van der Waals surface area contributed by atoms with E-state index in [-0.39, 0.29) is 0 Å². The lowest BCUT2D eigenvalue weighted by atomic mass is 10.1. The van der Waals surface area contributed by atoms with E-state index in [2.05, 4.69) is 28.1 Å². The van der Waals surface area contributed by atoms with Gasteiger partial charge in [-0.3, -0.25) is 4.98 Å². The highest BCUT2D eigenvalue weighted by Crippen LogP contribution is 2.27. The van der Waals surface area contributed by atoms with Gasteiger partial charge in [0, 0.05) is 48.7 Å². The normalized spacial score (nSPS) is 15.3. The van der Waals surface area contributed by atoms with Gasteiger partial charge in [-0.15, -0.1) is 0 Å². The first-order valence-electron chi connectivity index (χ1n) is 8.65. The van der Waals surface area contributed by atoms with Crippen LogP contribution in [0.3, 0.4) is 0 Å². The molecule has 0 atom stereocenters. The van der Waals surface area contributed by atoms with Crippen LogP contribution in [-0.2, 0) is 0 Å². The van der Waals surface area contributed by atoms with Crippen molar-refractivity contribution in [3.05, 3.63) is 60.9 Å². The minimum absolute atomic E-state index is 0.296. The van der Waals surface area contributed by atoms with Crippen molar-refractivity contribution in [3.63, 3.8) is 0 Å². The summed E-state index contributed by atoms with van der Waals surface area (Å²) in [4.78, 5) is 16.1. The second kappa shape index (κ2) is 6.99. The number of aromatic nitrogens is 3. The van der Waals surface area contributed by atoms with Crippen LogP contribution >= 0.6 is 0 Å². The van der Waals surface area contributed by atoms with Crippen molar-refractivity contribution in [3.8, 4) is 22.6 Å². The van der Waals surface area contributed by atoms with Crippen LogP contribution in [0.2, 0.25) is 0 Å². The summed E-state index contributed by atoms with van der Waals surface area (Å²) in [7, 11) is 0. The van der Waals surface area contributed by atoms with Gasteiger partial charge in [0.2, 0.25) is 0 Å². The van der Waals surface area contributed by atoms with E-state index in [1.807, 2.05) is 30.3 Å². The van der Waals surface area contributed by atoms with Gasteiger partial charge in [-0.2, -0.15) is 0 Å². The summed E-state index contributed by atoms with van der Waals surface area (Å²) in [5.74, 6) is 1.67. The van der Waals surface area contributed by atoms with Crippen molar-refractivity contribution in [2.75, 3.05) is 18.0 Å². The third-order valence-electron chi connectivity index (χ3n) is 4.57. The van der Waals surface area contributed by atoms with Crippen LogP contribution in [0.1, 0.15) is 12.8 Å². The number of rotatable bonds is 3. The number of hydrogen-bond donors (Lipinski definition) is 1. The Morgan fingerprint density at radius 3 is 2.40 bits per heavy atom. The van der Waals surface area contributed by atoms with Crippen LogP contribution in [0, 0.1) is 0 Å². The lowest BCUT2D eigenvalue weighted by molar-refractivity contribution is 0.498. The predicted octanol–water partition coefficient (Wildman–Crippen LogP) is 3.13. The minimum Gasteiger partial charge on any atom is -0.356 e. The molecule has 0 unspecified atom stereocenters. The molecule has 5 heteroatoms. The summed E-state index contributed by atoms with van der Waals surface area (Å²) in [5, 5.41) is 0. The van der Waals surface area contributed by atoms with E-state index in [1.165, 1.54) is 0 Å². The van der Waals surface area contributed by atoms with Gasteiger partial charge in [-0.1, -0.05) is 30.3 Å². The molecule has 0 aliphatic carbocycles. The monoisotopic (exact) mass is 331 g/mol. The molecule has 0 bridgehead atoms. The Labute approximate surface area is 147 Å². The Kier molecular flexibility index (Phi) is 4.39. The lowest BCUT2D eigenvalue weighted by Crippen LogP contribution is -2.40. The zero-order chi connectivity index (χ0) is 17.1. The zero-order valence-electron chi connectivity index (χ0n) is 14.0. The van der Waals surface area contributed by atoms with Gasteiger partial charge >= 0.3 is 0 Å². The molecule has 5 nitrogen and oxygen atoms in total. The Morgan fingerprint density at radius 2 is 1.68 bits per heavy atom. The molecule has 0 amide bonds. The Morgan fingerprint density at radius 1 is 0.920 bits per heavy atom. The maximum absolute atomic E-state index is 6.05. The smallest absolute Gasteiger partial charge is 0.163 e. The summed E-state index contributed by atoms with van der Waals surface area (Å²) >= 11 is 0. The molecule has 3 aromatic rings. The first kappa shape index (κ1) is 15.7. The molecule has 1 fully saturated rings. The average molecular weight is 331 g/mol. The van der Waals surface area contributed by atoms with E-state index in [4.69, 9.17) is 15.7 Å². The van der Waals surface area contributed by atoms with Crippen molar-refractivity contribution in [1.82, 2.24) is 15.0 Å². The molecule has 2 N–H and O–H groups in total. The maximum Gasteiger partial charge on any atom is 0.163 e. The van der Waals surface area contributed by atoms with Crippen molar-refractivity contribution in [1.29, 1.82) is 0 Å².